The van der Waals surface area contributed by atoms with E-state index in [4.69, 9.17) is 4.74 Å². The lowest BCUT2D eigenvalue weighted by Gasteiger charge is -2.15. The SMILES string of the molecule is CC(=O)Oc1ccccc1/C=N/NC(=O)[C@@H]1C(=O)NC[C@H]1c1ccccc1. The van der Waals surface area contributed by atoms with Gasteiger partial charge in [0.15, 0.2) is 0 Å². The summed E-state index contributed by atoms with van der Waals surface area (Å²) in [4.78, 5) is 35.8. The zero-order valence-electron chi connectivity index (χ0n) is 14.7. The molecule has 0 bridgehead atoms. The highest BCUT2D eigenvalue weighted by Gasteiger charge is 2.40. The van der Waals surface area contributed by atoms with Gasteiger partial charge in [-0.3, -0.25) is 14.4 Å². The summed E-state index contributed by atoms with van der Waals surface area (Å²) in [6, 6.07) is 16.2. The van der Waals surface area contributed by atoms with Crippen molar-refractivity contribution in [2.75, 3.05) is 6.54 Å². The third-order valence-electron chi connectivity index (χ3n) is 4.24. The molecule has 3 rings (SSSR count). The van der Waals surface area contributed by atoms with E-state index in [1.54, 1.807) is 24.3 Å². The van der Waals surface area contributed by atoms with E-state index in [1.807, 2.05) is 30.3 Å². The van der Waals surface area contributed by atoms with Gasteiger partial charge in [-0.15, -0.1) is 0 Å². The molecule has 7 nitrogen and oxygen atoms in total. The number of nitrogens with one attached hydrogen (secondary N) is 2. The topological polar surface area (TPSA) is 96.9 Å². The zero-order chi connectivity index (χ0) is 19.2. The Morgan fingerprint density at radius 2 is 1.85 bits per heavy atom. The third kappa shape index (κ3) is 4.38. The van der Waals surface area contributed by atoms with Gasteiger partial charge in [0.1, 0.15) is 11.7 Å². The second-order valence-electron chi connectivity index (χ2n) is 6.11. The Kier molecular flexibility index (Phi) is 5.61. The van der Waals surface area contributed by atoms with Gasteiger partial charge in [0.2, 0.25) is 5.91 Å². The predicted octanol–water partition coefficient (Wildman–Crippen LogP) is 1.59. The fraction of sp³-hybridized carbons (Fsp3) is 0.200. The first kappa shape index (κ1) is 18.3. The number of amides is 2. The monoisotopic (exact) mass is 365 g/mol. The summed E-state index contributed by atoms with van der Waals surface area (Å²) >= 11 is 0. The molecule has 1 aliphatic rings. The molecule has 1 fully saturated rings. The number of ether oxygens (including phenoxy) is 1. The minimum Gasteiger partial charge on any atom is -0.426 e. The average Bonchev–Trinajstić information content (AvgIpc) is 3.05. The molecule has 2 amide bonds. The Morgan fingerprint density at radius 1 is 1.15 bits per heavy atom. The maximum Gasteiger partial charge on any atom is 0.308 e. The van der Waals surface area contributed by atoms with E-state index in [-0.39, 0.29) is 11.8 Å². The van der Waals surface area contributed by atoms with Gasteiger partial charge in [-0.05, 0) is 17.7 Å². The highest BCUT2D eigenvalue weighted by Crippen LogP contribution is 2.29. The number of para-hydroxylation sites is 1. The molecule has 2 N–H and O–H groups in total. The largest absolute Gasteiger partial charge is 0.426 e. The van der Waals surface area contributed by atoms with Gasteiger partial charge >= 0.3 is 5.97 Å². The fourth-order valence-corrected chi connectivity index (χ4v) is 3.00. The van der Waals surface area contributed by atoms with Crippen molar-refractivity contribution in [1.29, 1.82) is 0 Å². The fourth-order valence-electron chi connectivity index (χ4n) is 3.00. The maximum atomic E-state index is 12.5. The van der Waals surface area contributed by atoms with Gasteiger partial charge in [-0.2, -0.15) is 5.10 Å². The van der Waals surface area contributed by atoms with Crippen LogP contribution in [0.1, 0.15) is 24.0 Å². The molecule has 1 aliphatic heterocycles. The number of hydrogen-bond donors (Lipinski definition) is 2. The van der Waals surface area contributed by atoms with Crippen molar-refractivity contribution >= 4 is 24.0 Å². The van der Waals surface area contributed by atoms with Crippen molar-refractivity contribution in [3.05, 3.63) is 65.7 Å². The van der Waals surface area contributed by atoms with Crippen LogP contribution in [-0.2, 0) is 14.4 Å². The number of esters is 1. The van der Waals surface area contributed by atoms with Crippen molar-refractivity contribution in [2.45, 2.75) is 12.8 Å². The number of carbonyl (C=O) groups excluding carboxylic acids is 3. The Labute approximate surface area is 156 Å². The summed E-state index contributed by atoms with van der Waals surface area (Å²) < 4.78 is 5.09. The van der Waals surface area contributed by atoms with Crippen LogP contribution in [0.2, 0.25) is 0 Å². The molecule has 0 aromatic heterocycles. The molecule has 0 spiro atoms. The molecular weight excluding hydrogens is 346 g/mol. The summed E-state index contributed by atoms with van der Waals surface area (Å²) in [6.45, 7) is 1.71. The molecule has 2 atom stereocenters. The van der Waals surface area contributed by atoms with E-state index in [1.165, 1.54) is 13.1 Å². The molecule has 2 aromatic carbocycles. The molecule has 0 saturated carbocycles. The molecule has 1 saturated heterocycles. The zero-order valence-corrected chi connectivity index (χ0v) is 14.7. The summed E-state index contributed by atoms with van der Waals surface area (Å²) in [5.74, 6) is -2.02. The summed E-state index contributed by atoms with van der Waals surface area (Å²) in [6.07, 6.45) is 1.38. The molecule has 2 aromatic rings. The van der Waals surface area contributed by atoms with Gasteiger partial charge in [-0.1, -0.05) is 42.5 Å². The van der Waals surface area contributed by atoms with Gasteiger partial charge in [0.05, 0.1) is 6.21 Å². The molecule has 1 heterocycles. The highest BCUT2D eigenvalue weighted by molar-refractivity contribution is 6.03. The normalized spacial score (nSPS) is 18.9. The van der Waals surface area contributed by atoms with Crippen LogP contribution in [0, 0.1) is 5.92 Å². The Bertz CT molecular complexity index is 880. The van der Waals surface area contributed by atoms with Crippen molar-refractivity contribution in [1.82, 2.24) is 10.7 Å². The second kappa shape index (κ2) is 8.27. The number of nitrogens with zero attached hydrogens (tertiary/aromatic N) is 1. The number of hydrogen-bond acceptors (Lipinski definition) is 5. The lowest BCUT2D eigenvalue weighted by atomic mass is 9.88. The maximum absolute atomic E-state index is 12.5. The lowest BCUT2D eigenvalue weighted by Crippen LogP contribution is -2.34. The molecule has 0 radical (unpaired) electrons. The average molecular weight is 365 g/mol. The molecule has 27 heavy (non-hydrogen) atoms. The first-order valence-electron chi connectivity index (χ1n) is 8.49. The van der Waals surface area contributed by atoms with Crippen molar-refractivity contribution in [3.8, 4) is 5.75 Å². The van der Waals surface area contributed by atoms with Gasteiger partial charge in [0, 0.05) is 24.9 Å². The minimum absolute atomic E-state index is 0.248. The second-order valence-corrected chi connectivity index (χ2v) is 6.11. The van der Waals surface area contributed by atoms with Crippen LogP contribution in [0.15, 0.2) is 59.7 Å². The van der Waals surface area contributed by atoms with Crippen LogP contribution < -0.4 is 15.5 Å². The summed E-state index contributed by atoms with van der Waals surface area (Å²) in [5.41, 5.74) is 3.86. The molecule has 0 aliphatic carbocycles. The lowest BCUT2D eigenvalue weighted by molar-refractivity contribution is -0.134. The standard InChI is InChI=1S/C20H19N3O4/c1-13(24)27-17-10-6-5-9-15(17)11-22-23-20(26)18-16(12-21-19(18)25)14-7-3-2-4-8-14/h2-11,16,18H,12H2,1H3,(H,21,25)(H,23,26)/b22-11+/t16-,18-/m0/s1. The minimum atomic E-state index is -0.853. The molecular formula is C20H19N3O4. The Hall–Kier alpha value is -3.48. The van der Waals surface area contributed by atoms with Gasteiger partial charge < -0.3 is 10.1 Å². The number of benzene rings is 2. The Morgan fingerprint density at radius 3 is 2.59 bits per heavy atom. The van der Waals surface area contributed by atoms with Crippen molar-refractivity contribution in [2.24, 2.45) is 11.0 Å². The Balaban J connectivity index is 1.71. The van der Waals surface area contributed by atoms with E-state index in [2.05, 4.69) is 15.8 Å². The van der Waals surface area contributed by atoms with Crippen molar-refractivity contribution in [3.63, 3.8) is 0 Å². The molecule has 7 heteroatoms. The number of rotatable bonds is 5. The van der Waals surface area contributed by atoms with Crippen LogP contribution >= 0.6 is 0 Å². The van der Waals surface area contributed by atoms with E-state index in [0.29, 0.717) is 17.9 Å². The highest BCUT2D eigenvalue weighted by atomic mass is 16.5. The first-order valence-corrected chi connectivity index (χ1v) is 8.49. The van der Waals surface area contributed by atoms with Crippen LogP contribution in [0.25, 0.3) is 0 Å². The predicted molar refractivity (Wildman–Crippen MR) is 99.2 cm³/mol. The molecule has 138 valence electrons. The smallest absolute Gasteiger partial charge is 0.308 e. The van der Waals surface area contributed by atoms with Crippen LogP contribution in [0.5, 0.6) is 5.75 Å². The van der Waals surface area contributed by atoms with E-state index < -0.39 is 17.8 Å². The van der Waals surface area contributed by atoms with E-state index in [9.17, 15) is 14.4 Å². The van der Waals surface area contributed by atoms with Crippen LogP contribution in [0.3, 0.4) is 0 Å². The number of carbonyl (C=O) groups is 3. The summed E-state index contributed by atoms with van der Waals surface area (Å²) in [5, 5.41) is 6.65. The molecule has 0 unspecified atom stereocenters. The number of hydrazone groups is 1. The van der Waals surface area contributed by atoms with Gasteiger partial charge in [0.25, 0.3) is 5.91 Å². The van der Waals surface area contributed by atoms with Crippen LogP contribution in [-0.4, -0.2) is 30.5 Å². The van der Waals surface area contributed by atoms with E-state index in [0.717, 1.165) is 5.56 Å². The third-order valence-corrected chi connectivity index (χ3v) is 4.24. The van der Waals surface area contributed by atoms with Crippen LogP contribution in [0.4, 0.5) is 0 Å². The quantitative estimate of drug-likeness (QED) is 0.276. The van der Waals surface area contributed by atoms with Crippen molar-refractivity contribution < 1.29 is 19.1 Å². The first-order chi connectivity index (χ1) is 13.1. The van der Waals surface area contributed by atoms with Gasteiger partial charge in [-0.25, -0.2) is 5.43 Å². The summed E-state index contributed by atoms with van der Waals surface area (Å²) in [7, 11) is 0. The van der Waals surface area contributed by atoms with E-state index >= 15 is 0 Å².